The average molecular weight is 491 g/mol. The Morgan fingerprint density at radius 1 is 0.941 bits per heavy atom. The van der Waals surface area contributed by atoms with Crippen LogP contribution >= 0.6 is 0 Å². The summed E-state index contributed by atoms with van der Waals surface area (Å²) in [6.45, 7) is 1.40. The molecular weight excluding hydrogens is 471 g/mol. The van der Waals surface area contributed by atoms with Crippen molar-refractivity contribution in [3.8, 4) is 11.1 Å². The van der Waals surface area contributed by atoms with Gasteiger partial charge in [0.05, 0.1) is 22.5 Å². The van der Waals surface area contributed by atoms with Gasteiger partial charge in [-0.25, -0.2) is 21.6 Å². The monoisotopic (exact) mass is 491 g/mol. The highest BCUT2D eigenvalue weighted by Crippen LogP contribution is 2.38. The number of anilines is 3. The Labute approximate surface area is 192 Å². The number of hydrogen-bond acceptors (Lipinski definition) is 5. The first kappa shape index (κ1) is 23.4. The summed E-state index contributed by atoms with van der Waals surface area (Å²) in [6.07, 6.45) is 2.99. The molecule has 0 aliphatic rings. The molecule has 0 fully saturated rings. The number of nitrogens with one attached hydrogen (secondary N) is 2. The van der Waals surface area contributed by atoms with Gasteiger partial charge in [0, 0.05) is 55.4 Å². The lowest BCUT2D eigenvalue weighted by molar-refractivity contribution is 0.586. The summed E-state index contributed by atoms with van der Waals surface area (Å²) in [5, 5.41) is 7.35. The van der Waals surface area contributed by atoms with Crippen molar-refractivity contribution in [2.45, 2.75) is 6.92 Å². The van der Waals surface area contributed by atoms with Gasteiger partial charge in [0.2, 0.25) is 10.0 Å². The lowest BCUT2D eigenvalue weighted by Crippen LogP contribution is -2.17. The molecule has 0 aliphatic carbocycles. The van der Waals surface area contributed by atoms with Crippen LogP contribution in [0.1, 0.15) is 6.92 Å². The highest BCUT2D eigenvalue weighted by atomic mass is 32.2. The fourth-order valence-electron chi connectivity index (χ4n) is 3.50. The molecule has 0 aliphatic heterocycles. The number of pyridine rings is 1. The molecule has 0 spiro atoms. The van der Waals surface area contributed by atoms with Crippen molar-refractivity contribution in [2.24, 2.45) is 14.1 Å². The van der Waals surface area contributed by atoms with Crippen LogP contribution in [0.3, 0.4) is 0 Å². The summed E-state index contributed by atoms with van der Waals surface area (Å²) in [5.74, 6) is -2.90. The highest BCUT2D eigenvalue weighted by molar-refractivity contribution is 7.92. The minimum atomic E-state index is -3.82. The van der Waals surface area contributed by atoms with E-state index in [4.69, 9.17) is 0 Å². The van der Waals surface area contributed by atoms with Crippen LogP contribution in [0.25, 0.3) is 22.0 Å². The second-order valence-electron chi connectivity index (χ2n) is 7.66. The van der Waals surface area contributed by atoms with E-state index in [0.29, 0.717) is 11.6 Å². The molecule has 8 nitrogen and oxygen atoms in total. The van der Waals surface area contributed by atoms with Crippen LogP contribution < -0.4 is 15.6 Å². The summed E-state index contributed by atoms with van der Waals surface area (Å²) in [4.78, 5) is 12.6. The fraction of sp³-hybridized carbons (Fsp3) is 0.182. The molecule has 2 aromatic carbocycles. The zero-order valence-corrected chi connectivity index (χ0v) is 19.2. The van der Waals surface area contributed by atoms with E-state index >= 15 is 0 Å². The number of benzene rings is 2. The van der Waals surface area contributed by atoms with Crippen molar-refractivity contribution < 1.29 is 21.6 Å². The average Bonchev–Trinajstić information content (AvgIpc) is 3.16. The van der Waals surface area contributed by atoms with E-state index in [9.17, 15) is 26.4 Å². The Kier molecular flexibility index (Phi) is 5.86. The molecule has 34 heavy (non-hydrogen) atoms. The molecule has 12 heteroatoms. The van der Waals surface area contributed by atoms with E-state index in [-0.39, 0.29) is 44.8 Å². The maximum Gasteiger partial charge on any atom is 0.261 e. The Morgan fingerprint density at radius 2 is 1.65 bits per heavy atom. The summed E-state index contributed by atoms with van der Waals surface area (Å²) in [5.41, 5.74) is 0.140. The van der Waals surface area contributed by atoms with Crippen LogP contribution in [0.15, 0.2) is 47.5 Å². The first-order chi connectivity index (χ1) is 16.0. The van der Waals surface area contributed by atoms with Crippen LogP contribution in [0.2, 0.25) is 0 Å². The molecule has 4 rings (SSSR count). The summed E-state index contributed by atoms with van der Waals surface area (Å²) >= 11 is 0. The normalized spacial score (nSPS) is 11.7. The van der Waals surface area contributed by atoms with E-state index in [1.165, 1.54) is 41.7 Å². The van der Waals surface area contributed by atoms with Gasteiger partial charge < -0.3 is 9.88 Å². The van der Waals surface area contributed by atoms with E-state index in [1.54, 1.807) is 7.05 Å². The number of aryl methyl sites for hydroxylation is 2. The molecule has 0 saturated carbocycles. The molecule has 4 aromatic rings. The van der Waals surface area contributed by atoms with Gasteiger partial charge >= 0.3 is 0 Å². The number of rotatable bonds is 6. The number of sulfonamides is 1. The van der Waals surface area contributed by atoms with Crippen molar-refractivity contribution in [2.75, 3.05) is 15.8 Å². The second-order valence-corrected chi connectivity index (χ2v) is 9.67. The van der Waals surface area contributed by atoms with Crippen LogP contribution in [-0.4, -0.2) is 28.5 Å². The molecule has 0 atom stereocenters. The molecule has 0 amide bonds. The quantitative estimate of drug-likeness (QED) is 0.427. The van der Waals surface area contributed by atoms with Crippen LogP contribution in [0, 0.1) is 17.5 Å². The third kappa shape index (κ3) is 4.36. The SMILES string of the molecule is CCS(=O)(=O)Nc1cc(-c2cn(C)c(=O)c3cn(C)nc23)c(Nc2ccc(F)cc2F)cc1F. The Balaban J connectivity index is 2.00. The number of hydrogen-bond donors (Lipinski definition) is 2. The van der Waals surface area contributed by atoms with Crippen LogP contribution in [0.4, 0.5) is 30.2 Å². The molecule has 2 aromatic heterocycles. The van der Waals surface area contributed by atoms with Gasteiger partial charge in [0.25, 0.3) is 5.56 Å². The largest absolute Gasteiger partial charge is 0.353 e. The molecular formula is C22H20F3N5O3S. The van der Waals surface area contributed by atoms with Crippen LogP contribution in [-0.2, 0) is 24.1 Å². The van der Waals surface area contributed by atoms with Crippen molar-refractivity contribution in [1.29, 1.82) is 0 Å². The third-order valence-corrected chi connectivity index (χ3v) is 6.49. The molecule has 2 heterocycles. The molecule has 0 radical (unpaired) electrons. The van der Waals surface area contributed by atoms with Gasteiger partial charge in [-0.15, -0.1) is 0 Å². The Hall–Kier alpha value is -3.80. The lowest BCUT2D eigenvalue weighted by atomic mass is 10.0. The summed E-state index contributed by atoms with van der Waals surface area (Å²) in [6, 6.07) is 5.09. The number of nitrogens with zero attached hydrogens (tertiary/aromatic N) is 3. The van der Waals surface area contributed by atoms with E-state index in [2.05, 4.69) is 15.1 Å². The first-order valence-corrected chi connectivity index (χ1v) is 11.7. The molecule has 0 unspecified atom stereocenters. The number of aromatic nitrogens is 3. The third-order valence-electron chi connectivity index (χ3n) is 5.20. The van der Waals surface area contributed by atoms with Gasteiger partial charge in [-0.05, 0) is 25.1 Å². The van der Waals surface area contributed by atoms with Gasteiger partial charge in [-0.1, -0.05) is 0 Å². The van der Waals surface area contributed by atoms with E-state index < -0.39 is 27.5 Å². The molecule has 2 N–H and O–H groups in total. The number of fused-ring (bicyclic) bond motifs is 1. The zero-order valence-electron chi connectivity index (χ0n) is 18.4. The summed E-state index contributed by atoms with van der Waals surface area (Å²) in [7, 11) is -0.668. The predicted octanol–water partition coefficient (Wildman–Crippen LogP) is 3.86. The molecule has 178 valence electrons. The van der Waals surface area contributed by atoms with Gasteiger partial charge in [-0.2, -0.15) is 5.10 Å². The first-order valence-electron chi connectivity index (χ1n) is 10.1. The Bertz CT molecular complexity index is 1600. The van der Waals surface area contributed by atoms with Crippen molar-refractivity contribution >= 4 is 38.0 Å². The second kappa shape index (κ2) is 8.52. The minimum Gasteiger partial charge on any atom is -0.353 e. The van der Waals surface area contributed by atoms with Crippen molar-refractivity contribution in [1.82, 2.24) is 14.3 Å². The lowest BCUT2D eigenvalue weighted by Gasteiger charge is -2.17. The topological polar surface area (TPSA) is 98.0 Å². The predicted molar refractivity (Wildman–Crippen MR) is 124 cm³/mol. The van der Waals surface area contributed by atoms with Crippen molar-refractivity contribution in [3.63, 3.8) is 0 Å². The van der Waals surface area contributed by atoms with Gasteiger partial charge in [0.15, 0.2) is 0 Å². The molecule has 0 bridgehead atoms. The van der Waals surface area contributed by atoms with Crippen molar-refractivity contribution in [3.05, 3.63) is 70.5 Å². The van der Waals surface area contributed by atoms with Crippen LogP contribution in [0.5, 0.6) is 0 Å². The maximum atomic E-state index is 14.9. The van der Waals surface area contributed by atoms with Gasteiger partial charge in [-0.3, -0.25) is 14.2 Å². The number of halogens is 3. The standard InChI is InChI=1S/C22H20F3N5O3S/c1-4-34(32,33)28-20-8-13(14-10-29(2)22(31)15-11-30(3)27-21(14)15)19(9-17(20)25)26-18-6-5-12(23)7-16(18)24/h5-11,26,28H,4H2,1-3H3. The van der Waals surface area contributed by atoms with E-state index in [1.807, 2.05) is 0 Å². The molecule has 0 saturated heterocycles. The summed E-state index contributed by atoms with van der Waals surface area (Å²) < 4.78 is 71.8. The maximum absolute atomic E-state index is 14.9. The Morgan fingerprint density at radius 3 is 2.32 bits per heavy atom. The smallest absolute Gasteiger partial charge is 0.261 e. The highest BCUT2D eigenvalue weighted by Gasteiger charge is 2.21. The zero-order chi connectivity index (χ0) is 24.8. The van der Waals surface area contributed by atoms with E-state index in [0.717, 1.165) is 18.2 Å². The fourth-order valence-corrected chi connectivity index (χ4v) is 4.13. The minimum absolute atomic E-state index is 0.0491. The van der Waals surface area contributed by atoms with Gasteiger partial charge in [0.1, 0.15) is 23.0 Å².